The lowest BCUT2D eigenvalue weighted by molar-refractivity contribution is -0.140. The molecule has 0 amide bonds. The van der Waals surface area contributed by atoms with Crippen LogP contribution in [-0.4, -0.2) is 6.54 Å². The molecule has 0 unspecified atom stereocenters. The second kappa shape index (κ2) is 7.07. The SMILES string of the molecule is Fc1ccc(CNCCC2=CCCCC2)cc1C(F)(F)F. The van der Waals surface area contributed by atoms with Gasteiger partial charge in [0.15, 0.2) is 0 Å². The number of nitrogens with one attached hydrogen (secondary N) is 1. The van der Waals surface area contributed by atoms with Gasteiger partial charge in [-0.1, -0.05) is 17.7 Å². The Morgan fingerprint density at radius 2 is 1.95 bits per heavy atom. The molecule has 21 heavy (non-hydrogen) atoms. The van der Waals surface area contributed by atoms with Gasteiger partial charge in [0.25, 0.3) is 0 Å². The van der Waals surface area contributed by atoms with E-state index in [0.717, 1.165) is 37.9 Å². The minimum atomic E-state index is -4.65. The van der Waals surface area contributed by atoms with Crippen LogP contribution in [0.1, 0.15) is 43.2 Å². The molecule has 0 heterocycles. The maximum Gasteiger partial charge on any atom is 0.419 e. The second-order valence-corrected chi connectivity index (χ2v) is 5.35. The van der Waals surface area contributed by atoms with E-state index in [1.54, 1.807) is 0 Å². The molecule has 0 fully saturated rings. The van der Waals surface area contributed by atoms with Gasteiger partial charge in [0.05, 0.1) is 5.56 Å². The van der Waals surface area contributed by atoms with Crippen LogP contribution in [0.25, 0.3) is 0 Å². The monoisotopic (exact) mass is 301 g/mol. The molecular formula is C16H19F4N. The highest BCUT2D eigenvalue weighted by molar-refractivity contribution is 5.27. The molecule has 0 atom stereocenters. The van der Waals surface area contributed by atoms with Gasteiger partial charge >= 0.3 is 6.18 Å². The van der Waals surface area contributed by atoms with E-state index in [2.05, 4.69) is 11.4 Å². The molecule has 0 aliphatic heterocycles. The lowest BCUT2D eigenvalue weighted by atomic mass is 9.97. The Hall–Kier alpha value is -1.36. The van der Waals surface area contributed by atoms with Gasteiger partial charge in [-0.15, -0.1) is 0 Å². The first-order chi connectivity index (χ1) is 9.97. The quantitative estimate of drug-likeness (QED) is 0.467. The molecule has 1 aliphatic carbocycles. The number of alkyl halides is 3. The van der Waals surface area contributed by atoms with E-state index in [-0.39, 0.29) is 0 Å². The van der Waals surface area contributed by atoms with E-state index in [9.17, 15) is 17.6 Å². The van der Waals surface area contributed by atoms with Gasteiger partial charge in [-0.05, 0) is 56.3 Å². The zero-order chi connectivity index (χ0) is 15.3. The molecule has 0 spiro atoms. The Kier molecular flexibility index (Phi) is 5.39. The molecule has 0 bridgehead atoms. The van der Waals surface area contributed by atoms with Crippen molar-refractivity contribution in [2.75, 3.05) is 6.54 Å². The zero-order valence-electron chi connectivity index (χ0n) is 11.8. The van der Waals surface area contributed by atoms with Crippen LogP contribution in [0.15, 0.2) is 29.8 Å². The predicted molar refractivity (Wildman–Crippen MR) is 74.3 cm³/mol. The third-order valence-electron chi connectivity index (χ3n) is 3.67. The molecular weight excluding hydrogens is 282 g/mol. The van der Waals surface area contributed by atoms with E-state index >= 15 is 0 Å². The lowest BCUT2D eigenvalue weighted by Gasteiger charge is -2.13. The van der Waals surface area contributed by atoms with Crippen LogP contribution in [0, 0.1) is 5.82 Å². The number of halogens is 4. The first-order valence-corrected chi connectivity index (χ1v) is 7.21. The lowest BCUT2D eigenvalue weighted by Crippen LogP contribution is -2.17. The Balaban J connectivity index is 1.84. The fourth-order valence-corrected chi connectivity index (χ4v) is 2.51. The summed E-state index contributed by atoms with van der Waals surface area (Å²) in [6.45, 7) is 1.04. The van der Waals surface area contributed by atoms with Gasteiger partial charge in [-0.2, -0.15) is 13.2 Å². The topological polar surface area (TPSA) is 12.0 Å². The number of hydrogen-bond donors (Lipinski definition) is 1. The highest BCUT2D eigenvalue weighted by atomic mass is 19.4. The molecule has 1 aliphatic rings. The second-order valence-electron chi connectivity index (χ2n) is 5.35. The van der Waals surface area contributed by atoms with Gasteiger partial charge in [0.2, 0.25) is 0 Å². The molecule has 1 aromatic carbocycles. The summed E-state index contributed by atoms with van der Waals surface area (Å²) in [7, 11) is 0. The average Bonchev–Trinajstić information content (AvgIpc) is 2.45. The molecule has 1 nitrogen and oxygen atoms in total. The van der Waals surface area contributed by atoms with Gasteiger partial charge < -0.3 is 5.32 Å². The highest BCUT2D eigenvalue weighted by Crippen LogP contribution is 2.31. The summed E-state index contributed by atoms with van der Waals surface area (Å²) < 4.78 is 50.9. The average molecular weight is 301 g/mol. The van der Waals surface area contributed by atoms with Crippen molar-refractivity contribution in [1.29, 1.82) is 0 Å². The van der Waals surface area contributed by atoms with E-state index < -0.39 is 17.6 Å². The number of benzene rings is 1. The van der Waals surface area contributed by atoms with Crippen molar-refractivity contribution in [2.45, 2.75) is 44.8 Å². The Morgan fingerprint density at radius 3 is 2.62 bits per heavy atom. The summed E-state index contributed by atoms with van der Waals surface area (Å²) in [4.78, 5) is 0. The Bertz CT molecular complexity index is 505. The van der Waals surface area contributed by atoms with Crippen LogP contribution in [0.2, 0.25) is 0 Å². The van der Waals surface area contributed by atoms with Crippen LogP contribution in [0.4, 0.5) is 17.6 Å². The van der Waals surface area contributed by atoms with Crippen LogP contribution in [-0.2, 0) is 12.7 Å². The van der Waals surface area contributed by atoms with Crippen molar-refractivity contribution in [1.82, 2.24) is 5.32 Å². The molecule has 0 saturated heterocycles. The summed E-state index contributed by atoms with van der Waals surface area (Å²) in [5, 5.41) is 3.12. The van der Waals surface area contributed by atoms with Crippen molar-refractivity contribution in [3.8, 4) is 0 Å². The Labute approximate surface area is 122 Å². The third-order valence-corrected chi connectivity index (χ3v) is 3.67. The predicted octanol–water partition coefficient (Wildman–Crippen LogP) is 4.82. The molecule has 0 radical (unpaired) electrons. The third kappa shape index (κ3) is 4.84. The van der Waals surface area contributed by atoms with Gasteiger partial charge in [0, 0.05) is 6.54 Å². The van der Waals surface area contributed by atoms with Crippen LogP contribution < -0.4 is 5.32 Å². The van der Waals surface area contributed by atoms with Crippen LogP contribution in [0.5, 0.6) is 0 Å². The summed E-state index contributed by atoms with van der Waals surface area (Å²) in [5.74, 6) is -1.22. The van der Waals surface area contributed by atoms with Crippen molar-refractivity contribution in [3.63, 3.8) is 0 Å². The van der Waals surface area contributed by atoms with Crippen LogP contribution >= 0.6 is 0 Å². The van der Waals surface area contributed by atoms with Crippen molar-refractivity contribution in [3.05, 3.63) is 46.8 Å². The van der Waals surface area contributed by atoms with Gasteiger partial charge in [-0.3, -0.25) is 0 Å². The van der Waals surface area contributed by atoms with E-state index in [1.807, 2.05) is 0 Å². The minimum absolute atomic E-state index is 0.316. The maximum atomic E-state index is 13.1. The highest BCUT2D eigenvalue weighted by Gasteiger charge is 2.34. The molecule has 0 saturated carbocycles. The number of hydrogen-bond acceptors (Lipinski definition) is 1. The van der Waals surface area contributed by atoms with E-state index in [1.165, 1.54) is 24.5 Å². The fraction of sp³-hybridized carbons (Fsp3) is 0.500. The molecule has 2 rings (SSSR count). The summed E-state index contributed by atoms with van der Waals surface area (Å²) in [6.07, 6.45) is 3.25. The fourth-order valence-electron chi connectivity index (χ4n) is 2.51. The molecule has 0 aromatic heterocycles. The molecule has 1 aromatic rings. The van der Waals surface area contributed by atoms with Crippen molar-refractivity contribution in [2.24, 2.45) is 0 Å². The van der Waals surface area contributed by atoms with Gasteiger partial charge in [0.1, 0.15) is 5.82 Å². The molecule has 5 heteroatoms. The Morgan fingerprint density at radius 1 is 1.14 bits per heavy atom. The zero-order valence-corrected chi connectivity index (χ0v) is 11.8. The summed E-state index contributed by atoms with van der Waals surface area (Å²) in [5.41, 5.74) is 0.668. The minimum Gasteiger partial charge on any atom is -0.312 e. The summed E-state index contributed by atoms with van der Waals surface area (Å²) in [6, 6.07) is 3.14. The first kappa shape index (κ1) is 16.0. The standard InChI is InChI=1S/C16H19F4N/c17-15-7-6-13(10-14(15)16(18,19)20)11-21-9-8-12-4-2-1-3-5-12/h4,6-7,10,21H,1-3,5,8-9,11H2. The largest absolute Gasteiger partial charge is 0.419 e. The molecule has 116 valence electrons. The number of rotatable bonds is 5. The van der Waals surface area contributed by atoms with Gasteiger partial charge in [-0.25, -0.2) is 4.39 Å². The summed E-state index contributed by atoms with van der Waals surface area (Å²) >= 11 is 0. The molecule has 1 N–H and O–H groups in total. The van der Waals surface area contributed by atoms with E-state index in [0.29, 0.717) is 12.1 Å². The normalized spacial score (nSPS) is 15.9. The van der Waals surface area contributed by atoms with Crippen molar-refractivity contribution >= 4 is 0 Å². The van der Waals surface area contributed by atoms with Crippen LogP contribution in [0.3, 0.4) is 0 Å². The number of allylic oxidation sites excluding steroid dienone is 1. The smallest absolute Gasteiger partial charge is 0.312 e. The first-order valence-electron chi connectivity index (χ1n) is 7.21. The van der Waals surface area contributed by atoms with Crippen molar-refractivity contribution < 1.29 is 17.6 Å². The van der Waals surface area contributed by atoms with E-state index in [4.69, 9.17) is 0 Å². The maximum absolute atomic E-state index is 13.1.